The van der Waals surface area contributed by atoms with Gasteiger partial charge in [0.25, 0.3) is 5.91 Å². The second-order valence-electron chi connectivity index (χ2n) is 3.49. The van der Waals surface area contributed by atoms with Crippen LogP contribution in [0.3, 0.4) is 0 Å². The zero-order valence-electron chi connectivity index (χ0n) is 9.86. The summed E-state index contributed by atoms with van der Waals surface area (Å²) in [5, 5.41) is 8.76. The number of aliphatic hydroxyl groups is 1. The molecule has 4 nitrogen and oxygen atoms in total. The summed E-state index contributed by atoms with van der Waals surface area (Å²) in [7, 11) is 1.63. The molecule has 0 saturated carbocycles. The van der Waals surface area contributed by atoms with Crippen molar-refractivity contribution in [2.45, 2.75) is 13.8 Å². The first-order chi connectivity index (χ1) is 7.60. The van der Waals surface area contributed by atoms with Crippen LogP contribution in [-0.2, 0) is 4.79 Å². The van der Waals surface area contributed by atoms with Gasteiger partial charge in [-0.15, -0.1) is 0 Å². The highest BCUT2D eigenvalue weighted by Crippen LogP contribution is 2.23. The molecule has 0 saturated heterocycles. The van der Waals surface area contributed by atoms with E-state index in [1.165, 1.54) is 4.90 Å². The molecule has 1 N–H and O–H groups in total. The van der Waals surface area contributed by atoms with E-state index in [2.05, 4.69) is 0 Å². The molecule has 0 unspecified atom stereocenters. The lowest BCUT2D eigenvalue weighted by atomic mass is 10.2. The minimum Gasteiger partial charge on any atom is -0.494 e. The number of aliphatic hydroxyl groups excluding tert-OH is 1. The van der Waals surface area contributed by atoms with Crippen LogP contribution >= 0.6 is 0 Å². The van der Waals surface area contributed by atoms with Crippen LogP contribution in [0.25, 0.3) is 0 Å². The van der Waals surface area contributed by atoms with Crippen molar-refractivity contribution >= 4 is 11.6 Å². The number of carbonyl (C=O) groups is 1. The predicted octanol–water partition coefficient (Wildman–Crippen LogP) is 1.35. The van der Waals surface area contributed by atoms with Crippen LogP contribution in [0.1, 0.15) is 12.5 Å². The molecule has 4 heteroatoms. The number of benzene rings is 1. The van der Waals surface area contributed by atoms with E-state index in [4.69, 9.17) is 9.84 Å². The Labute approximate surface area is 95.5 Å². The van der Waals surface area contributed by atoms with E-state index in [0.717, 1.165) is 17.0 Å². The minimum atomic E-state index is -0.483. The molecule has 1 amide bonds. The normalized spacial score (nSPS) is 10.0. The highest BCUT2D eigenvalue weighted by Gasteiger charge is 2.10. The molecule has 88 valence electrons. The molecule has 0 bridgehead atoms. The summed E-state index contributed by atoms with van der Waals surface area (Å²) in [4.78, 5) is 12.7. The molecular weight excluding hydrogens is 206 g/mol. The van der Waals surface area contributed by atoms with Crippen molar-refractivity contribution < 1.29 is 14.6 Å². The lowest BCUT2D eigenvalue weighted by Gasteiger charge is -2.17. The fourth-order valence-electron chi connectivity index (χ4n) is 1.41. The van der Waals surface area contributed by atoms with Crippen LogP contribution < -0.4 is 9.64 Å². The van der Waals surface area contributed by atoms with Gasteiger partial charge in [-0.3, -0.25) is 4.79 Å². The number of nitrogens with zero attached hydrogens (tertiary/aromatic N) is 1. The van der Waals surface area contributed by atoms with Gasteiger partial charge in [0.15, 0.2) is 0 Å². The smallest absolute Gasteiger partial charge is 0.252 e. The summed E-state index contributed by atoms with van der Waals surface area (Å²) in [5.74, 6) is 0.486. The number of hydrogen-bond donors (Lipinski definition) is 1. The largest absolute Gasteiger partial charge is 0.494 e. The Balaban J connectivity index is 2.92. The van der Waals surface area contributed by atoms with Gasteiger partial charge in [0, 0.05) is 12.7 Å². The molecule has 0 fully saturated rings. The molecule has 0 aliphatic rings. The van der Waals surface area contributed by atoms with E-state index in [1.807, 2.05) is 26.0 Å². The number of anilines is 1. The zero-order valence-corrected chi connectivity index (χ0v) is 9.86. The molecule has 0 aliphatic heterocycles. The molecule has 0 atom stereocenters. The third kappa shape index (κ3) is 2.73. The maximum Gasteiger partial charge on any atom is 0.252 e. The van der Waals surface area contributed by atoms with E-state index in [9.17, 15) is 4.79 Å². The van der Waals surface area contributed by atoms with Crippen LogP contribution in [0.5, 0.6) is 5.75 Å². The van der Waals surface area contributed by atoms with Crippen molar-refractivity contribution in [2.75, 3.05) is 25.2 Å². The molecule has 1 rings (SSSR count). The van der Waals surface area contributed by atoms with Crippen molar-refractivity contribution in [3.8, 4) is 5.75 Å². The van der Waals surface area contributed by atoms with Gasteiger partial charge < -0.3 is 14.7 Å². The zero-order chi connectivity index (χ0) is 12.1. The summed E-state index contributed by atoms with van der Waals surface area (Å²) in [6.45, 7) is 3.98. The fourth-order valence-corrected chi connectivity index (χ4v) is 1.41. The SMILES string of the molecule is CCOc1ccc(N(C)C(=O)CO)cc1C. The van der Waals surface area contributed by atoms with E-state index in [0.29, 0.717) is 6.61 Å². The van der Waals surface area contributed by atoms with Crippen molar-refractivity contribution in [3.05, 3.63) is 23.8 Å². The number of aryl methyl sites for hydroxylation is 1. The Bertz CT molecular complexity index is 377. The summed E-state index contributed by atoms with van der Waals surface area (Å²) >= 11 is 0. The third-order valence-corrected chi connectivity index (χ3v) is 2.36. The van der Waals surface area contributed by atoms with Crippen molar-refractivity contribution in [1.82, 2.24) is 0 Å². The maximum atomic E-state index is 11.3. The highest BCUT2D eigenvalue weighted by molar-refractivity contribution is 5.93. The molecule has 0 radical (unpaired) electrons. The standard InChI is InChI=1S/C12H17NO3/c1-4-16-11-6-5-10(7-9(11)2)13(3)12(15)8-14/h5-7,14H,4,8H2,1-3H3. The molecule has 0 aromatic heterocycles. The van der Waals surface area contributed by atoms with Crippen LogP contribution in [0.2, 0.25) is 0 Å². The van der Waals surface area contributed by atoms with Gasteiger partial charge in [-0.2, -0.15) is 0 Å². The molecular formula is C12H17NO3. The molecule has 0 heterocycles. The third-order valence-electron chi connectivity index (χ3n) is 2.36. The van der Waals surface area contributed by atoms with E-state index < -0.39 is 6.61 Å². The van der Waals surface area contributed by atoms with Gasteiger partial charge in [0.2, 0.25) is 0 Å². The van der Waals surface area contributed by atoms with Gasteiger partial charge in [-0.05, 0) is 37.6 Å². The van der Waals surface area contributed by atoms with Gasteiger partial charge in [0.1, 0.15) is 12.4 Å². The van der Waals surface area contributed by atoms with Crippen molar-refractivity contribution in [1.29, 1.82) is 0 Å². The Kier molecular flexibility index (Phi) is 4.31. The summed E-state index contributed by atoms with van der Waals surface area (Å²) in [6, 6.07) is 5.49. The number of amides is 1. The van der Waals surface area contributed by atoms with Crippen LogP contribution in [0.4, 0.5) is 5.69 Å². The van der Waals surface area contributed by atoms with Crippen LogP contribution in [-0.4, -0.2) is 31.3 Å². The predicted molar refractivity (Wildman–Crippen MR) is 62.8 cm³/mol. The topological polar surface area (TPSA) is 49.8 Å². The summed E-state index contributed by atoms with van der Waals surface area (Å²) in [6.07, 6.45) is 0. The quantitative estimate of drug-likeness (QED) is 0.838. The Morgan fingerprint density at radius 1 is 1.50 bits per heavy atom. The monoisotopic (exact) mass is 223 g/mol. The fraction of sp³-hybridized carbons (Fsp3) is 0.417. The van der Waals surface area contributed by atoms with Crippen LogP contribution in [0.15, 0.2) is 18.2 Å². The number of ether oxygens (including phenoxy) is 1. The first-order valence-electron chi connectivity index (χ1n) is 5.21. The Morgan fingerprint density at radius 3 is 2.69 bits per heavy atom. The van der Waals surface area contributed by atoms with E-state index >= 15 is 0 Å². The Morgan fingerprint density at radius 2 is 2.19 bits per heavy atom. The summed E-state index contributed by atoms with van der Waals surface area (Å²) in [5.41, 5.74) is 1.72. The van der Waals surface area contributed by atoms with Gasteiger partial charge in [-0.1, -0.05) is 0 Å². The average molecular weight is 223 g/mol. The first-order valence-corrected chi connectivity index (χ1v) is 5.21. The Hall–Kier alpha value is -1.55. The molecule has 1 aromatic carbocycles. The molecule has 0 aliphatic carbocycles. The second-order valence-corrected chi connectivity index (χ2v) is 3.49. The molecule has 1 aromatic rings. The molecule has 0 spiro atoms. The van der Waals surface area contributed by atoms with Gasteiger partial charge >= 0.3 is 0 Å². The van der Waals surface area contributed by atoms with Gasteiger partial charge in [-0.25, -0.2) is 0 Å². The van der Waals surface area contributed by atoms with Gasteiger partial charge in [0.05, 0.1) is 6.61 Å². The van der Waals surface area contributed by atoms with E-state index in [1.54, 1.807) is 13.1 Å². The first kappa shape index (κ1) is 12.5. The van der Waals surface area contributed by atoms with Crippen molar-refractivity contribution in [2.24, 2.45) is 0 Å². The second kappa shape index (κ2) is 5.51. The number of hydrogen-bond acceptors (Lipinski definition) is 3. The number of likely N-dealkylation sites (N-methyl/N-ethyl adjacent to an activating group) is 1. The summed E-state index contributed by atoms with van der Waals surface area (Å²) < 4.78 is 5.41. The highest BCUT2D eigenvalue weighted by atomic mass is 16.5. The molecule has 16 heavy (non-hydrogen) atoms. The lowest BCUT2D eigenvalue weighted by molar-refractivity contribution is -0.120. The van der Waals surface area contributed by atoms with Crippen LogP contribution in [0, 0.1) is 6.92 Å². The average Bonchev–Trinajstić information content (AvgIpc) is 2.30. The number of carbonyl (C=O) groups excluding carboxylic acids is 1. The minimum absolute atomic E-state index is 0.330. The van der Waals surface area contributed by atoms with Crippen molar-refractivity contribution in [3.63, 3.8) is 0 Å². The maximum absolute atomic E-state index is 11.3. The lowest BCUT2D eigenvalue weighted by Crippen LogP contribution is -2.28. The van der Waals surface area contributed by atoms with E-state index in [-0.39, 0.29) is 5.91 Å². The number of rotatable bonds is 4.